The van der Waals surface area contributed by atoms with Crippen molar-refractivity contribution in [2.45, 2.75) is 37.7 Å². The Morgan fingerprint density at radius 2 is 2.14 bits per heavy atom. The molecule has 3 unspecified atom stereocenters. The molecule has 118 valence electrons. The summed E-state index contributed by atoms with van der Waals surface area (Å²) in [6.07, 6.45) is -3.40. The monoisotopic (exact) mass is 302 g/mol. The van der Waals surface area contributed by atoms with Gasteiger partial charge in [0.2, 0.25) is 0 Å². The number of hydrogen-bond acceptors (Lipinski definition) is 3. The molecule has 0 spiro atoms. The second kappa shape index (κ2) is 6.34. The molecular weight excluding hydrogens is 281 g/mol. The first kappa shape index (κ1) is 16.3. The Labute approximate surface area is 122 Å². The van der Waals surface area contributed by atoms with Crippen LogP contribution in [0.5, 0.6) is 0 Å². The fourth-order valence-electron chi connectivity index (χ4n) is 2.95. The standard InChI is InChI=1S/C15H21F3N2O/c1-10-13(6-7-21-10)20(2)14(9-19)11-4-3-5-12(8-11)15(16,17)18/h3-5,8,10,13-14H,6-7,9,19H2,1-2H3. The van der Waals surface area contributed by atoms with Crippen molar-refractivity contribution >= 4 is 0 Å². The molecule has 1 aromatic rings. The summed E-state index contributed by atoms with van der Waals surface area (Å²) in [5.41, 5.74) is 5.77. The molecule has 2 rings (SSSR count). The minimum absolute atomic E-state index is 0.0647. The molecule has 1 saturated heterocycles. The molecule has 1 heterocycles. The van der Waals surface area contributed by atoms with Crippen LogP contribution in [0.25, 0.3) is 0 Å². The molecule has 1 aromatic carbocycles. The summed E-state index contributed by atoms with van der Waals surface area (Å²) >= 11 is 0. The molecule has 3 atom stereocenters. The number of alkyl halides is 3. The molecule has 1 aliphatic heterocycles. The van der Waals surface area contributed by atoms with E-state index in [0.717, 1.165) is 12.5 Å². The lowest BCUT2D eigenvalue weighted by Crippen LogP contribution is -2.42. The first-order chi connectivity index (χ1) is 9.84. The second-order valence-corrected chi connectivity index (χ2v) is 5.47. The molecule has 0 aromatic heterocycles. The zero-order chi connectivity index (χ0) is 15.6. The zero-order valence-electron chi connectivity index (χ0n) is 12.2. The number of benzene rings is 1. The van der Waals surface area contributed by atoms with Crippen molar-refractivity contribution in [1.82, 2.24) is 4.90 Å². The minimum Gasteiger partial charge on any atom is -0.377 e. The summed E-state index contributed by atoms with van der Waals surface area (Å²) in [4.78, 5) is 2.03. The van der Waals surface area contributed by atoms with Gasteiger partial charge in [-0.2, -0.15) is 13.2 Å². The highest BCUT2D eigenvalue weighted by molar-refractivity contribution is 5.28. The Hall–Kier alpha value is -1.11. The van der Waals surface area contributed by atoms with Crippen LogP contribution in [0, 0.1) is 0 Å². The summed E-state index contributed by atoms with van der Waals surface area (Å²) in [6.45, 7) is 2.92. The predicted molar refractivity (Wildman–Crippen MR) is 74.8 cm³/mol. The highest BCUT2D eigenvalue weighted by Crippen LogP contribution is 2.33. The van der Waals surface area contributed by atoms with Crippen LogP contribution < -0.4 is 5.73 Å². The Morgan fingerprint density at radius 3 is 2.67 bits per heavy atom. The van der Waals surface area contributed by atoms with Crippen molar-refractivity contribution in [3.05, 3.63) is 35.4 Å². The van der Waals surface area contributed by atoms with Crippen LogP contribution in [-0.2, 0) is 10.9 Å². The van der Waals surface area contributed by atoms with Gasteiger partial charge in [-0.3, -0.25) is 4.90 Å². The maximum Gasteiger partial charge on any atom is 0.416 e. The van der Waals surface area contributed by atoms with E-state index in [0.29, 0.717) is 12.2 Å². The maximum absolute atomic E-state index is 12.8. The zero-order valence-corrected chi connectivity index (χ0v) is 12.2. The van der Waals surface area contributed by atoms with E-state index in [2.05, 4.69) is 0 Å². The molecule has 0 saturated carbocycles. The van der Waals surface area contributed by atoms with Gasteiger partial charge in [-0.15, -0.1) is 0 Å². The Balaban J connectivity index is 2.25. The van der Waals surface area contributed by atoms with Crippen LogP contribution in [0.1, 0.15) is 30.5 Å². The van der Waals surface area contributed by atoms with Gasteiger partial charge in [-0.25, -0.2) is 0 Å². The summed E-state index contributed by atoms with van der Waals surface area (Å²) in [5.74, 6) is 0. The maximum atomic E-state index is 12.8. The van der Waals surface area contributed by atoms with Crippen LogP contribution in [0.4, 0.5) is 13.2 Å². The van der Waals surface area contributed by atoms with Gasteiger partial charge >= 0.3 is 6.18 Å². The fraction of sp³-hybridized carbons (Fsp3) is 0.600. The molecular formula is C15H21F3N2O. The van der Waals surface area contributed by atoms with Gasteiger partial charge in [0.15, 0.2) is 0 Å². The second-order valence-electron chi connectivity index (χ2n) is 5.47. The fourth-order valence-corrected chi connectivity index (χ4v) is 2.95. The lowest BCUT2D eigenvalue weighted by molar-refractivity contribution is -0.137. The predicted octanol–water partition coefficient (Wildman–Crippen LogP) is 2.81. The van der Waals surface area contributed by atoms with E-state index in [4.69, 9.17) is 10.5 Å². The van der Waals surface area contributed by atoms with Crippen molar-refractivity contribution in [2.24, 2.45) is 5.73 Å². The Kier molecular flexibility index (Phi) is 4.91. The van der Waals surface area contributed by atoms with E-state index in [1.807, 2.05) is 18.9 Å². The molecule has 0 radical (unpaired) electrons. The third kappa shape index (κ3) is 3.56. The van der Waals surface area contributed by atoms with Crippen LogP contribution in [0.3, 0.4) is 0 Å². The summed E-state index contributed by atoms with van der Waals surface area (Å²) in [7, 11) is 1.90. The summed E-state index contributed by atoms with van der Waals surface area (Å²) < 4.78 is 44.0. The normalized spacial score (nSPS) is 24.5. The lowest BCUT2D eigenvalue weighted by atomic mass is 9.99. The molecule has 0 amide bonds. The van der Waals surface area contributed by atoms with E-state index in [-0.39, 0.29) is 24.7 Å². The topological polar surface area (TPSA) is 38.5 Å². The molecule has 1 fully saturated rings. The van der Waals surface area contributed by atoms with Gasteiger partial charge in [0.1, 0.15) is 0 Å². The SMILES string of the molecule is CC1OCCC1N(C)C(CN)c1cccc(C(F)(F)F)c1. The first-order valence-corrected chi connectivity index (χ1v) is 7.05. The number of ether oxygens (including phenoxy) is 1. The average Bonchev–Trinajstić information content (AvgIpc) is 2.85. The van der Waals surface area contributed by atoms with Crippen LogP contribution in [0.2, 0.25) is 0 Å². The summed E-state index contributed by atoms with van der Waals surface area (Å²) in [5, 5.41) is 0. The van der Waals surface area contributed by atoms with Gasteiger partial charge in [0, 0.05) is 25.2 Å². The molecule has 1 aliphatic rings. The van der Waals surface area contributed by atoms with Gasteiger partial charge in [0.25, 0.3) is 0 Å². The van der Waals surface area contributed by atoms with Gasteiger partial charge in [-0.1, -0.05) is 12.1 Å². The van der Waals surface area contributed by atoms with E-state index in [1.165, 1.54) is 12.1 Å². The lowest BCUT2D eigenvalue weighted by Gasteiger charge is -2.34. The van der Waals surface area contributed by atoms with Gasteiger partial charge in [0.05, 0.1) is 11.7 Å². The third-order valence-corrected chi connectivity index (χ3v) is 4.17. The minimum atomic E-state index is -4.34. The quantitative estimate of drug-likeness (QED) is 0.929. The van der Waals surface area contributed by atoms with Crippen molar-refractivity contribution < 1.29 is 17.9 Å². The highest BCUT2D eigenvalue weighted by Gasteiger charge is 2.34. The molecule has 21 heavy (non-hydrogen) atoms. The largest absolute Gasteiger partial charge is 0.416 e. The first-order valence-electron chi connectivity index (χ1n) is 7.05. The average molecular weight is 302 g/mol. The Bertz CT molecular complexity index is 478. The van der Waals surface area contributed by atoms with Gasteiger partial charge in [-0.05, 0) is 38.1 Å². The van der Waals surface area contributed by atoms with E-state index in [1.54, 1.807) is 6.07 Å². The van der Waals surface area contributed by atoms with Crippen molar-refractivity contribution in [2.75, 3.05) is 20.2 Å². The van der Waals surface area contributed by atoms with Crippen molar-refractivity contribution in [3.8, 4) is 0 Å². The third-order valence-electron chi connectivity index (χ3n) is 4.17. The number of nitrogens with two attached hydrogens (primary N) is 1. The Morgan fingerprint density at radius 1 is 1.43 bits per heavy atom. The molecule has 2 N–H and O–H groups in total. The van der Waals surface area contributed by atoms with E-state index >= 15 is 0 Å². The van der Waals surface area contributed by atoms with E-state index in [9.17, 15) is 13.2 Å². The van der Waals surface area contributed by atoms with E-state index < -0.39 is 11.7 Å². The number of likely N-dealkylation sites (N-methyl/N-ethyl adjacent to an activating group) is 1. The smallest absolute Gasteiger partial charge is 0.377 e. The van der Waals surface area contributed by atoms with Crippen molar-refractivity contribution in [1.29, 1.82) is 0 Å². The molecule has 3 nitrogen and oxygen atoms in total. The molecule has 0 aliphatic carbocycles. The van der Waals surface area contributed by atoms with Crippen LogP contribution in [0.15, 0.2) is 24.3 Å². The number of rotatable bonds is 4. The highest BCUT2D eigenvalue weighted by atomic mass is 19.4. The van der Waals surface area contributed by atoms with Crippen LogP contribution >= 0.6 is 0 Å². The summed E-state index contributed by atoms with van der Waals surface area (Å²) in [6, 6.07) is 5.33. The van der Waals surface area contributed by atoms with Gasteiger partial charge < -0.3 is 10.5 Å². The molecule has 0 bridgehead atoms. The number of halogens is 3. The number of nitrogens with zero attached hydrogens (tertiary/aromatic N) is 1. The van der Waals surface area contributed by atoms with Crippen molar-refractivity contribution in [3.63, 3.8) is 0 Å². The molecule has 6 heteroatoms. The number of hydrogen-bond donors (Lipinski definition) is 1. The van der Waals surface area contributed by atoms with Crippen LogP contribution in [-0.4, -0.2) is 37.2 Å².